The fourth-order valence-electron chi connectivity index (χ4n) is 2.90. The molecule has 130 valence electrons. The van der Waals surface area contributed by atoms with Crippen molar-refractivity contribution in [3.8, 4) is 5.75 Å². The number of piperazine rings is 1. The first-order valence-corrected chi connectivity index (χ1v) is 8.47. The molecule has 0 aliphatic carbocycles. The van der Waals surface area contributed by atoms with Crippen LogP contribution in [0.25, 0.3) is 0 Å². The number of aromatic hydroxyl groups is 1. The number of nitrogens with zero attached hydrogens (tertiary/aromatic N) is 4. The fraction of sp³-hybridized carbons (Fsp3) is 0.556. The van der Waals surface area contributed by atoms with Crippen molar-refractivity contribution in [2.24, 2.45) is 0 Å². The van der Waals surface area contributed by atoms with Crippen LogP contribution in [0.2, 0.25) is 0 Å². The summed E-state index contributed by atoms with van der Waals surface area (Å²) in [6, 6.07) is 7.51. The summed E-state index contributed by atoms with van der Waals surface area (Å²) in [4.78, 5) is 9.28. The molecule has 1 atom stereocenters. The maximum atomic E-state index is 9.41. The Hall–Kier alpha value is -2.08. The van der Waals surface area contributed by atoms with Gasteiger partial charge in [-0.15, -0.1) is 0 Å². The van der Waals surface area contributed by atoms with Crippen molar-refractivity contribution < 1.29 is 9.63 Å². The number of phenolic OH excluding ortho intramolecular Hbond substituents is 1. The third-order valence-electron chi connectivity index (χ3n) is 4.55. The van der Waals surface area contributed by atoms with Gasteiger partial charge in [0.25, 0.3) is 0 Å². The van der Waals surface area contributed by atoms with E-state index in [0.717, 1.165) is 37.7 Å². The molecule has 0 unspecified atom stereocenters. The van der Waals surface area contributed by atoms with Crippen LogP contribution in [-0.4, -0.2) is 46.3 Å². The molecule has 1 aromatic carbocycles. The summed E-state index contributed by atoms with van der Waals surface area (Å²) in [7, 11) is 0. The molecular formula is C18H26N4O2. The van der Waals surface area contributed by atoms with Crippen molar-refractivity contribution >= 4 is 5.69 Å². The van der Waals surface area contributed by atoms with Crippen LogP contribution in [0.5, 0.6) is 5.75 Å². The second-order valence-electron chi connectivity index (χ2n) is 7.42. The Kier molecular flexibility index (Phi) is 4.49. The van der Waals surface area contributed by atoms with Crippen molar-refractivity contribution in [3.05, 3.63) is 36.0 Å². The third-order valence-corrected chi connectivity index (χ3v) is 4.55. The highest BCUT2D eigenvalue weighted by atomic mass is 16.5. The number of hydrogen-bond acceptors (Lipinski definition) is 6. The molecule has 1 fully saturated rings. The number of aromatic nitrogens is 2. The van der Waals surface area contributed by atoms with Crippen LogP contribution in [-0.2, 0) is 5.41 Å². The van der Waals surface area contributed by atoms with E-state index in [2.05, 4.69) is 47.6 Å². The van der Waals surface area contributed by atoms with Gasteiger partial charge in [-0.25, -0.2) is 0 Å². The highest BCUT2D eigenvalue weighted by Crippen LogP contribution is 2.26. The summed E-state index contributed by atoms with van der Waals surface area (Å²) < 4.78 is 5.49. The molecular weight excluding hydrogens is 304 g/mol. The molecule has 1 aromatic heterocycles. The van der Waals surface area contributed by atoms with E-state index in [0.29, 0.717) is 11.6 Å². The topological polar surface area (TPSA) is 65.6 Å². The van der Waals surface area contributed by atoms with E-state index in [1.165, 1.54) is 0 Å². The number of phenols is 1. The molecule has 1 aliphatic rings. The maximum Gasteiger partial charge on any atom is 0.243 e. The van der Waals surface area contributed by atoms with E-state index in [4.69, 9.17) is 4.52 Å². The van der Waals surface area contributed by atoms with Gasteiger partial charge in [0.15, 0.2) is 5.82 Å². The van der Waals surface area contributed by atoms with Crippen LogP contribution in [0.1, 0.15) is 45.5 Å². The zero-order valence-corrected chi connectivity index (χ0v) is 14.9. The highest BCUT2D eigenvalue weighted by molar-refractivity contribution is 5.49. The molecule has 3 rings (SSSR count). The van der Waals surface area contributed by atoms with Gasteiger partial charge in [-0.1, -0.05) is 25.9 Å². The normalized spacial score (nSPS) is 17.9. The Morgan fingerprint density at radius 2 is 1.71 bits per heavy atom. The molecule has 1 saturated heterocycles. The van der Waals surface area contributed by atoms with Crippen LogP contribution >= 0.6 is 0 Å². The molecule has 1 N–H and O–H groups in total. The molecule has 6 heteroatoms. The monoisotopic (exact) mass is 330 g/mol. The molecule has 0 amide bonds. The smallest absolute Gasteiger partial charge is 0.243 e. The van der Waals surface area contributed by atoms with E-state index in [9.17, 15) is 5.11 Å². The van der Waals surface area contributed by atoms with Crippen LogP contribution in [0.3, 0.4) is 0 Å². The van der Waals surface area contributed by atoms with Gasteiger partial charge in [-0.2, -0.15) is 4.98 Å². The second kappa shape index (κ2) is 6.43. The Morgan fingerprint density at radius 3 is 2.25 bits per heavy atom. The van der Waals surface area contributed by atoms with Gasteiger partial charge in [0.05, 0.1) is 6.04 Å². The van der Waals surface area contributed by atoms with Crippen LogP contribution in [0.4, 0.5) is 5.69 Å². The average Bonchev–Trinajstić information content (AvgIpc) is 3.05. The van der Waals surface area contributed by atoms with Crippen LogP contribution in [0, 0.1) is 0 Å². The lowest BCUT2D eigenvalue weighted by Crippen LogP contribution is -2.47. The minimum atomic E-state index is -0.0982. The summed E-state index contributed by atoms with van der Waals surface area (Å²) in [5.74, 6) is 1.75. The van der Waals surface area contributed by atoms with E-state index in [1.54, 1.807) is 12.1 Å². The maximum absolute atomic E-state index is 9.41. The SMILES string of the molecule is C[C@@H](c1nc(C(C)(C)C)no1)N1CCN(c2ccc(O)cc2)CC1. The molecule has 2 aromatic rings. The van der Waals surface area contributed by atoms with Crippen LogP contribution in [0.15, 0.2) is 28.8 Å². The first-order chi connectivity index (χ1) is 11.3. The fourth-order valence-corrected chi connectivity index (χ4v) is 2.90. The minimum absolute atomic E-state index is 0.0982. The zero-order chi connectivity index (χ0) is 17.3. The average molecular weight is 330 g/mol. The Morgan fingerprint density at radius 1 is 1.08 bits per heavy atom. The summed E-state index contributed by atoms with van der Waals surface area (Å²) in [5, 5.41) is 13.5. The van der Waals surface area contributed by atoms with E-state index in [1.807, 2.05) is 12.1 Å². The molecule has 2 heterocycles. The van der Waals surface area contributed by atoms with E-state index < -0.39 is 0 Å². The molecule has 1 aliphatic heterocycles. The van der Waals surface area contributed by atoms with Crippen molar-refractivity contribution in [2.75, 3.05) is 31.1 Å². The summed E-state index contributed by atoms with van der Waals surface area (Å²) >= 11 is 0. The predicted molar refractivity (Wildman–Crippen MR) is 93.3 cm³/mol. The molecule has 24 heavy (non-hydrogen) atoms. The molecule has 6 nitrogen and oxygen atoms in total. The highest BCUT2D eigenvalue weighted by Gasteiger charge is 2.28. The Balaban J connectivity index is 1.61. The van der Waals surface area contributed by atoms with E-state index >= 15 is 0 Å². The van der Waals surface area contributed by atoms with Crippen molar-refractivity contribution in [1.29, 1.82) is 0 Å². The Labute approximate surface area is 143 Å². The lowest BCUT2D eigenvalue weighted by atomic mass is 9.96. The standard InChI is InChI=1S/C18H26N4O2/c1-13(16-19-17(20-24-16)18(2,3)4)21-9-11-22(12-10-21)14-5-7-15(23)8-6-14/h5-8,13,23H,9-12H2,1-4H3/t13-/m0/s1. The van der Waals surface area contributed by atoms with E-state index in [-0.39, 0.29) is 11.5 Å². The first kappa shape index (κ1) is 16.8. The van der Waals surface area contributed by atoms with Gasteiger partial charge in [0.2, 0.25) is 5.89 Å². The zero-order valence-electron chi connectivity index (χ0n) is 14.9. The second-order valence-corrected chi connectivity index (χ2v) is 7.42. The molecule has 0 radical (unpaired) electrons. The number of benzene rings is 1. The van der Waals surface area contributed by atoms with Crippen LogP contribution < -0.4 is 4.90 Å². The lowest BCUT2D eigenvalue weighted by molar-refractivity contribution is 0.164. The summed E-state index contributed by atoms with van der Waals surface area (Å²) in [6.45, 7) is 12.1. The minimum Gasteiger partial charge on any atom is -0.508 e. The van der Waals surface area contributed by atoms with Gasteiger partial charge >= 0.3 is 0 Å². The Bertz CT molecular complexity index is 667. The van der Waals surface area contributed by atoms with Gasteiger partial charge in [-0.3, -0.25) is 4.90 Å². The molecule has 0 bridgehead atoms. The van der Waals surface area contributed by atoms with Gasteiger partial charge < -0.3 is 14.5 Å². The number of hydrogen-bond donors (Lipinski definition) is 1. The van der Waals surface area contributed by atoms with Crippen molar-refractivity contribution in [3.63, 3.8) is 0 Å². The lowest BCUT2D eigenvalue weighted by Gasteiger charge is -2.38. The predicted octanol–water partition coefficient (Wildman–Crippen LogP) is 2.96. The molecule has 0 saturated carbocycles. The largest absolute Gasteiger partial charge is 0.508 e. The molecule has 0 spiro atoms. The van der Waals surface area contributed by atoms with Gasteiger partial charge in [0, 0.05) is 37.3 Å². The van der Waals surface area contributed by atoms with Crippen molar-refractivity contribution in [2.45, 2.75) is 39.2 Å². The van der Waals surface area contributed by atoms with Gasteiger partial charge in [0.1, 0.15) is 5.75 Å². The van der Waals surface area contributed by atoms with Gasteiger partial charge in [-0.05, 0) is 31.2 Å². The quantitative estimate of drug-likeness (QED) is 0.933. The first-order valence-electron chi connectivity index (χ1n) is 8.47. The number of anilines is 1. The van der Waals surface area contributed by atoms with Crippen molar-refractivity contribution in [1.82, 2.24) is 15.0 Å². The number of rotatable bonds is 3. The third kappa shape index (κ3) is 3.53. The summed E-state index contributed by atoms with van der Waals surface area (Å²) in [5.41, 5.74) is 1.05. The summed E-state index contributed by atoms with van der Waals surface area (Å²) in [6.07, 6.45) is 0.